The fourth-order valence-corrected chi connectivity index (χ4v) is 4.66. The molecule has 0 aromatic carbocycles. The summed E-state index contributed by atoms with van der Waals surface area (Å²) in [6.07, 6.45) is 12.1. The molecular weight excluding hydrogens is 316 g/mol. The molecule has 0 aromatic rings. The summed E-state index contributed by atoms with van der Waals surface area (Å²) >= 11 is 0. The molecule has 0 saturated heterocycles. The highest BCUT2D eigenvalue weighted by atomic mass is 16.5. The van der Waals surface area contributed by atoms with E-state index in [-0.39, 0.29) is 11.9 Å². The van der Waals surface area contributed by atoms with Crippen LogP contribution in [0.2, 0.25) is 0 Å². The van der Waals surface area contributed by atoms with Crippen molar-refractivity contribution in [3.05, 3.63) is 12.7 Å². The molecule has 0 heterocycles. The standard InChI is InChI=1S/C10H16.C6H12O2.C5H8O2/c1-2-9-7-4-5-8(6-7)10(9)3-1;1-3-5-6(7)8-4-2;1-3-5(6)7-4-2/h7-10H,1-6H2;3-5H2,1-2H3;3H,1,4H2,2H3. The number of hydrogen-bond acceptors (Lipinski definition) is 4. The third kappa shape index (κ3) is 7.21. The van der Waals surface area contributed by atoms with Crippen molar-refractivity contribution in [1.82, 2.24) is 0 Å². The molecule has 3 saturated carbocycles. The molecular formula is C21H36O4. The molecule has 144 valence electrons. The highest BCUT2D eigenvalue weighted by molar-refractivity contribution is 5.81. The van der Waals surface area contributed by atoms with Gasteiger partial charge in [-0.2, -0.15) is 0 Å². The summed E-state index contributed by atoms with van der Waals surface area (Å²) in [6.45, 7) is 9.64. The van der Waals surface area contributed by atoms with Crippen LogP contribution >= 0.6 is 0 Å². The van der Waals surface area contributed by atoms with Crippen LogP contribution in [0.25, 0.3) is 0 Å². The van der Waals surface area contributed by atoms with Crippen molar-refractivity contribution >= 4 is 11.9 Å². The van der Waals surface area contributed by atoms with Gasteiger partial charge in [-0.25, -0.2) is 4.79 Å². The Kier molecular flexibility index (Phi) is 10.5. The monoisotopic (exact) mass is 352 g/mol. The predicted molar refractivity (Wildman–Crippen MR) is 100 cm³/mol. The van der Waals surface area contributed by atoms with Crippen LogP contribution in [0.1, 0.15) is 72.1 Å². The summed E-state index contributed by atoms with van der Waals surface area (Å²) < 4.78 is 9.08. The molecule has 3 rings (SSSR count). The van der Waals surface area contributed by atoms with Crippen molar-refractivity contribution in [2.45, 2.75) is 72.1 Å². The Morgan fingerprint density at radius 3 is 1.92 bits per heavy atom. The average Bonchev–Trinajstić information content (AvgIpc) is 3.31. The first-order valence-corrected chi connectivity index (χ1v) is 10.0. The van der Waals surface area contributed by atoms with Gasteiger partial charge >= 0.3 is 11.9 Å². The normalized spacial score (nSPS) is 28.0. The summed E-state index contributed by atoms with van der Waals surface area (Å²) in [5.74, 6) is 4.35. The van der Waals surface area contributed by atoms with Gasteiger partial charge in [0.1, 0.15) is 0 Å². The fourth-order valence-electron chi connectivity index (χ4n) is 4.66. The van der Waals surface area contributed by atoms with Crippen molar-refractivity contribution < 1.29 is 19.1 Å². The minimum atomic E-state index is -0.359. The van der Waals surface area contributed by atoms with Crippen molar-refractivity contribution in [2.75, 3.05) is 13.2 Å². The van der Waals surface area contributed by atoms with Gasteiger partial charge in [0.05, 0.1) is 13.2 Å². The number of hydrogen-bond donors (Lipinski definition) is 0. The first-order chi connectivity index (χ1) is 12.1. The molecule has 0 aliphatic heterocycles. The molecule has 0 radical (unpaired) electrons. The average molecular weight is 353 g/mol. The fraction of sp³-hybridized carbons (Fsp3) is 0.810. The van der Waals surface area contributed by atoms with Gasteiger partial charge in [0.15, 0.2) is 0 Å². The van der Waals surface area contributed by atoms with Gasteiger partial charge in [0, 0.05) is 12.5 Å². The highest BCUT2D eigenvalue weighted by Crippen LogP contribution is 2.58. The van der Waals surface area contributed by atoms with Gasteiger partial charge in [0.2, 0.25) is 0 Å². The van der Waals surface area contributed by atoms with E-state index in [0.29, 0.717) is 19.6 Å². The Hall–Kier alpha value is -1.32. The summed E-state index contributed by atoms with van der Waals surface area (Å²) in [5, 5.41) is 0. The lowest BCUT2D eigenvalue weighted by molar-refractivity contribution is -0.143. The lowest BCUT2D eigenvalue weighted by Crippen LogP contribution is -2.15. The molecule has 25 heavy (non-hydrogen) atoms. The number of esters is 2. The van der Waals surface area contributed by atoms with E-state index in [2.05, 4.69) is 16.1 Å². The molecule has 4 heteroatoms. The SMILES string of the molecule is C1CC2C3CCC(C3)C2C1.C=CC(=O)OCC.CCCC(=O)OCC. The quantitative estimate of drug-likeness (QED) is 0.521. The van der Waals surface area contributed by atoms with E-state index in [4.69, 9.17) is 0 Å². The third-order valence-electron chi connectivity index (χ3n) is 5.56. The smallest absolute Gasteiger partial charge is 0.330 e. The summed E-state index contributed by atoms with van der Waals surface area (Å²) in [7, 11) is 0. The second kappa shape index (κ2) is 12.1. The second-order valence-electron chi connectivity index (χ2n) is 7.10. The molecule has 0 aromatic heterocycles. The van der Waals surface area contributed by atoms with Crippen LogP contribution in [0, 0.1) is 23.7 Å². The molecule has 4 nitrogen and oxygen atoms in total. The van der Waals surface area contributed by atoms with Crippen LogP contribution in [0.3, 0.4) is 0 Å². The summed E-state index contributed by atoms with van der Waals surface area (Å²) in [6, 6.07) is 0. The van der Waals surface area contributed by atoms with Crippen LogP contribution < -0.4 is 0 Å². The van der Waals surface area contributed by atoms with Crippen molar-refractivity contribution in [3.63, 3.8) is 0 Å². The second-order valence-corrected chi connectivity index (χ2v) is 7.10. The summed E-state index contributed by atoms with van der Waals surface area (Å²) in [4.78, 5) is 20.5. The topological polar surface area (TPSA) is 52.6 Å². The Bertz CT molecular complexity index is 394. The van der Waals surface area contributed by atoms with E-state index < -0.39 is 0 Å². The van der Waals surface area contributed by atoms with E-state index in [1.54, 1.807) is 45.4 Å². The minimum absolute atomic E-state index is 0.0880. The number of carbonyl (C=O) groups excluding carboxylic acids is 2. The van der Waals surface area contributed by atoms with E-state index in [0.717, 1.165) is 12.5 Å². The van der Waals surface area contributed by atoms with E-state index in [9.17, 15) is 9.59 Å². The van der Waals surface area contributed by atoms with Gasteiger partial charge in [-0.1, -0.05) is 19.9 Å². The van der Waals surface area contributed by atoms with Crippen molar-refractivity contribution in [3.8, 4) is 0 Å². The molecule has 3 aliphatic rings. The zero-order chi connectivity index (χ0) is 18.7. The molecule has 3 fully saturated rings. The molecule has 0 N–H and O–H groups in total. The lowest BCUT2D eigenvalue weighted by Gasteiger charge is -2.23. The molecule has 4 unspecified atom stereocenters. The third-order valence-corrected chi connectivity index (χ3v) is 5.56. The van der Waals surface area contributed by atoms with Gasteiger partial charge in [-0.3, -0.25) is 4.79 Å². The molecule has 0 spiro atoms. The number of fused-ring (bicyclic) bond motifs is 5. The van der Waals surface area contributed by atoms with Gasteiger partial charge < -0.3 is 9.47 Å². The molecule has 3 aliphatic carbocycles. The minimum Gasteiger partial charge on any atom is -0.466 e. The predicted octanol–water partition coefficient (Wildman–Crippen LogP) is 4.92. The van der Waals surface area contributed by atoms with Crippen LogP contribution in [0.15, 0.2) is 12.7 Å². The zero-order valence-electron chi connectivity index (χ0n) is 16.3. The Morgan fingerprint density at radius 1 is 0.960 bits per heavy atom. The Morgan fingerprint density at radius 2 is 1.52 bits per heavy atom. The van der Waals surface area contributed by atoms with E-state index in [1.807, 2.05) is 13.8 Å². The van der Waals surface area contributed by atoms with Crippen LogP contribution in [-0.2, 0) is 19.1 Å². The van der Waals surface area contributed by atoms with Crippen LogP contribution in [-0.4, -0.2) is 25.2 Å². The van der Waals surface area contributed by atoms with Gasteiger partial charge in [-0.05, 0) is 76.0 Å². The summed E-state index contributed by atoms with van der Waals surface area (Å²) in [5.41, 5.74) is 0. The maximum Gasteiger partial charge on any atom is 0.330 e. The van der Waals surface area contributed by atoms with Crippen LogP contribution in [0.5, 0.6) is 0 Å². The van der Waals surface area contributed by atoms with E-state index >= 15 is 0 Å². The Labute approximate surface area is 153 Å². The maximum absolute atomic E-state index is 10.4. The Balaban J connectivity index is 0.000000193. The molecule has 2 bridgehead atoms. The first-order valence-electron chi connectivity index (χ1n) is 10.0. The van der Waals surface area contributed by atoms with Gasteiger partial charge in [-0.15, -0.1) is 0 Å². The first kappa shape index (κ1) is 21.7. The number of rotatable bonds is 5. The highest BCUT2D eigenvalue weighted by Gasteiger charge is 2.48. The molecule has 4 atom stereocenters. The van der Waals surface area contributed by atoms with Crippen molar-refractivity contribution in [1.29, 1.82) is 0 Å². The van der Waals surface area contributed by atoms with Crippen molar-refractivity contribution in [2.24, 2.45) is 23.7 Å². The maximum atomic E-state index is 10.4. The lowest BCUT2D eigenvalue weighted by atomic mass is 9.82. The zero-order valence-corrected chi connectivity index (χ0v) is 16.3. The van der Waals surface area contributed by atoms with Crippen LogP contribution in [0.4, 0.5) is 0 Å². The number of ether oxygens (including phenoxy) is 2. The van der Waals surface area contributed by atoms with E-state index in [1.165, 1.54) is 23.7 Å². The molecule has 0 amide bonds. The van der Waals surface area contributed by atoms with Gasteiger partial charge in [0.25, 0.3) is 0 Å². The largest absolute Gasteiger partial charge is 0.466 e. The number of carbonyl (C=O) groups is 2.